The van der Waals surface area contributed by atoms with E-state index in [0.717, 1.165) is 61.1 Å². The topological polar surface area (TPSA) is 152 Å². The van der Waals surface area contributed by atoms with E-state index in [0.29, 0.717) is 18.9 Å². The molecule has 3 aromatic rings. The molecule has 5 rings (SSSR count). The van der Waals surface area contributed by atoms with Gasteiger partial charge < -0.3 is 30.2 Å². The number of carboxylic acids is 2. The molecule has 3 heterocycles. The van der Waals surface area contributed by atoms with Gasteiger partial charge in [0.1, 0.15) is 11.8 Å². The van der Waals surface area contributed by atoms with Gasteiger partial charge in [-0.3, -0.25) is 9.69 Å². The van der Waals surface area contributed by atoms with Crippen LogP contribution in [0.5, 0.6) is 5.75 Å². The van der Waals surface area contributed by atoms with Crippen LogP contribution >= 0.6 is 0 Å². The Labute approximate surface area is 231 Å². The molecular formula is C29H34N4O7. The zero-order valence-electron chi connectivity index (χ0n) is 22.3. The Morgan fingerprint density at radius 2 is 1.70 bits per heavy atom. The van der Waals surface area contributed by atoms with Gasteiger partial charge in [0, 0.05) is 30.1 Å². The second-order valence-corrected chi connectivity index (χ2v) is 9.91. The second kappa shape index (κ2) is 13.1. The highest BCUT2D eigenvalue weighted by atomic mass is 16.5. The van der Waals surface area contributed by atoms with Crippen LogP contribution in [0.4, 0.5) is 4.79 Å². The lowest BCUT2D eigenvalue weighted by atomic mass is 9.89. The highest BCUT2D eigenvalue weighted by Crippen LogP contribution is 2.28. The zero-order chi connectivity index (χ0) is 28.6. The summed E-state index contributed by atoms with van der Waals surface area (Å²) in [5.41, 5.74) is 3.41. The Balaban J connectivity index is 0.000000557. The van der Waals surface area contributed by atoms with E-state index in [-0.39, 0.29) is 11.9 Å². The maximum Gasteiger partial charge on any atom is 0.414 e. The fraction of sp³-hybridized carbons (Fsp3) is 0.379. The van der Waals surface area contributed by atoms with E-state index in [1.807, 2.05) is 24.4 Å². The number of fused-ring (bicyclic) bond motifs is 1. The van der Waals surface area contributed by atoms with Crippen LogP contribution in [0.25, 0.3) is 10.9 Å². The summed E-state index contributed by atoms with van der Waals surface area (Å²) < 4.78 is 5.33. The molecule has 40 heavy (non-hydrogen) atoms. The van der Waals surface area contributed by atoms with Gasteiger partial charge in [-0.15, -0.1) is 0 Å². The number of urea groups is 1. The van der Waals surface area contributed by atoms with E-state index in [1.54, 1.807) is 7.11 Å². The molecule has 0 bridgehead atoms. The Bertz CT molecular complexity index is 1340. The molecule has 2 saturated heterocycles. The maximum absolute atomic E-state index is 13.0. The summed E-state index contributed by atoms with van der Waals surface area (Å²) in [4.78, 5) is 50.8. The molecule has 2 aliphatic rings. The summed E-state index contributed by atoms with van der Waals surface area (Å²) in [5.74, 6) is -2.38. The number of rotatable bonds is 8. The van der Waals surface area contributed by atoms with Crippen molar-refractivity contribution in [1.29, 1.82) is 0 Å². The Morgan fingerprint density at radius 1 is 1.00 bits per heavy atom. The van der Waals surface area contributed by atoms with Gasteiger partial charge in [-0.1, -0.05) is 30.3 Å². The maximum atomic E-state index is 13.0. The zero-order valence-corrected chi connectivity index (χ0v) is 22.3. The van der Waals surface area contributed by atoms with Crippen LogP contribution < -0.4 is 10.1 Å². The average Bonchev–Trinajstić information content (AvgIpc) is 3.49. The van der Waals surface area contributed by atoms with Gasteiger partial charge >= 0.3 is 18.0 Å². The molecule has 2 fully saturated rings. The number of hydrogen-bond donors (Lipinski definition) is 4. The van der Waals surface area contributed by atoms with Crippen molar-refractivity contribution in [2.24, 2.45) is 0 Å². The lowest BCUT2D eigenvalue weighted by molar-refractivity contribution is -0.159. The van der Waals surface area contributed by atoms with E-state index in [2.05, 4.69) is 45.5 Å². The van der Waals surface area contributed by atoms with Gasteiger partial charge in [-0.25, -0.2) is 14.4 Å². The minimum Gasteiger partial charge on any atom is -0.497 e. The van der Waals surface area contributed by atoms with Gasteiger partial charge in [-0.05, 0) is 74.1 Å². The molecule has 1 aromatic heterocycles. The largest absolute Gasteiger partial charge is 0.497 e. The number of imide groups is 1. The molecule has 4 N–H and O–H groups in total. The van der Waals surface area contributed by atoms with Crippen LogP contribution in [0, 0.1) is 0 Å². The number of carboxylic acid groups (broad SMARTS) is 2. The number of ether oxygens (including phenoxy) is 1. The van der Waals surface area contributed by atoms with Crippen LogP contribution in [0.2, 0.25) is 0 Å². The number of aliphatic carboxylic acids is 2. The number of amides is 3. The fourth-order valence-electron chi connectivity index (χ4n) is 5.27. The summed E-state index contributed by atoms with van der Waals surface area (Å²) in [5, 5.41) is 18.7. The molecule has 0 saturated carbocycles. The molecule has 1 unspecified atom stereocenters. The minimum absolute atomic E-state index is 0.134. The summed E-state index contributed by atoms with van der Waals surface area (Å²) in [6.45, 7) is 3.49. The fourth-order valence-corrected chi connectivity index (χ4v) is 5.27. The smallest absolute Gasteiger partial charge is 0.414 e. The van der Waals surface area contributed by atoms with Crippen LogP contribution in [0.15, 0.2) is 54.7 Å². The van der Waals surface area contributed by atoms with Gasteiger partial charge in [0.25, 0.3) is 5.91 Å². The van der Waals surface area contributed by atoms with Gasteiger partial charge in [0.2, 0.25) is 0 Å². The molecule has 0 radical (unpaired) electrons. The quantitative estimate of drug-likeness (QED) is 0.247. The standard InChI is InChI=1S/C27H32N4O3.C2H2O4/c1-34-22-8-9-24-23(17-22)21(18-28-24)16-25-26(32)31(27(33)29-25)13-5-12-30-14-10-20(11-15-30)19-6-3-2-4-7-19;3-1(4)2(5)6/h2-4,6-9,17-18,20,25,28H,5,10-16H2,1H3,(H,29,33);(H,3,4)(H,5,6). The molecule has 1 atom stereocenters. The Kier molecular flexibility index (Phi) is 9.39. The Hall–Kier alpha value is -4.38. The van der Waals surface area contributed by atoms with Crippen molar-refractivity contribution in [1.82, 2.24) is 20.1 Å². The SMILES string of the molecule is COc1ccc2[nH]cc(CC3NC(=O)N(CCCN4CCC(c5ccccc5)CC4)C3=O)c2c1.O=C(O)C(=O)O. The van der Waals surface area contributed by atoms with Crippen molar-refractivity contribution >= 4 is 34.8 Å². The second-order valence-electron chi connectivity index (χ2n) is 9.91. The van der Waals surface area contributed by atoms with Crippen molar-refractivity contribution in [2.75, 3.05) is 33.3 Å². The summed E-state index contributed by atoms with van der Waals surface area (Å²) in [7, 11) is 1.64. The van der Waals surface area contributed by atoms with E-state index >= 15 is 0 Å². The average molecular weight is 551 g/mol. The number of piperidine rings is 1. The monoisotopic (exact) mass is 550 g/mol. The van der Waals surface area contributed by atoms with Crippen LogP contribution in [-0.2, 0) is 20.8 Å². The van der Waals surface area contributed by atoms with Crippen molar-refractivity contribution in [3.8, 4) is 5.75 Å². The van der Waals surface area contributed by atoms with Crippen molar-refractivity contribution < 1.29 is 34.1 Å². The first kappa shape index (κ1) is 28.6. The first-order valence-electron chi connectivity index (χ1n) is 13.3. The van der Waals surface area contributed by atoms with Crippen molar-refractivity contribution in [3.63, 3.8) is 0 Å². The third-order valence-electron chi connectivity index (χ3n) is 7.40. The van der Waals surface area contributed by atoms with E-state index in [1.165, 1.54) is 10.5 Å². The highest BCUT2D eigenvalue weighted by Gasteiger charge is 2.38. The number of aromatic nitrogens is 1. The predicted molar refractivity (Wildman–Crippen MR) is 147 cm³/mol. The molecule has 0 spiro atoms. The Morgan fingerprint density at radius 3 is 2.35 bits per heavy atom. The molecule has 2 aliphatic heterocycles. The number of carbonyl (C=O) groups is 4. The van der Waals surface area contributed by atoms with E-state index in [9.17, 15) is 9.59 Å². The number of carbonyl (C=O) groups excluding carboxylic acids is 2. The van der Waals surface area contributed by atoms with Crippen LogP contribution in [-0.4, -0.2) is 88.2 Å². The lowest BCUT2D eigenvalue weighted by Gasteiger charge is -2.32. The first-order chi connectivity index (χ1) is 19.3. The molecule has 11 nitrogen and oxygen atoms in total. The van der Waals surface area contributed by atoms with Gasteiger partial charge in [-0.2, -0.15) is 0 Å². The molecule has 11 heteroatoms. The van der Waals surface area contributed by atoms with Gasteiger partial charge in [0.15, 0.2) is 0 Å². The van der Waals surface area contributed by atoms with Crippen LogP contribution in [0.3, 0.4) is 0 Å². The summed E-state index contributed by atoms with van der Waals surface area (Å²) in [6, 6.07) is 15.7. The molecule has 2 aromatic carbocycles. The number of aromatic amines is 1. The number of H-pyrrole nitrogens is 1. The number of likely N-dealkylation sites (tertiary alicyclic amines) is 1. The normalized spacial score (nSPS) is 17.8. The number of benzene rings is 2. The highest BCUT2D eigenvalue weighted by molar-refractivity contribution is 6.27. The lowest BCUT2D eigenvalue weighted by Crippen LogP contribution is -2.37. The first-order valence-corrected chi connectivity index (χ1v) is 13.3. The summed E-state index contributed by atoms with van der Waals surface area (Å²) in [6.07, 6.45) is 5.48. The van der Waals surface area contributed by atoms with Crippen LogP contribution in [0.1, 0.15) is 36.3 Å². The number of hydrogen-bond acceptors (Lipinski definition) is 6. The molecule has 212 valence electrons. The number of methoxy groups -OCH3 is 1. The molecule has 0 aliphatic carbocycles. The number of nitrogens with zero attached hydrogens (tertiary/aromatic N) is 2. The number of nitrogens with one attached hydrogen (secondary N) is 2. The van der Waals surface area contributed by atoms with E-state index < -0.39 is 18.0 Å². The predicted octanol–water partition coefficient (Wildman–Crippen LogP) is 3.06. The molecular weight excluding hydrogens is 516 g/mol. The van der Waals surface area contributed by atoms with Crippen molar-refractivity contribution in [3.05, 3.63) is 65.9 Å². The van der Waals surface area contributed by atoms with Crippen molar-refractivity contribution in [2.45, 2.75) is 37.6 Å². The third kappa shape index (κ3) is 6.97. The minimum atomic E-state index is -1.82. The summed E-state index contributed by atoms with van der Waals surface area (Å²) >= 11 is 0. The van der Waals surface area contributed by atoms with E-state index in [4.69, 9.17) is 24.5 Å². The molecule has 3 amide bonds. The third-order valence-corrected chi connectivity index (χ3v) is 7.40. The van der Waals surface area contributed by atoms with Gasteiger partial charge in [0.05, 0.1) is 7.11 Å².